The zero-order chi connectivity index (χ0) is 22.2. The number of piperazine rings is 1. The van der Waals surface area contributed by atoms with E-state index in [0.29, 0.717) is 13.1 Å². The van der Waals surface area contributed by atoms with Gasteiger partial charge in [-0.2, -0.15) is 0 Å². The lowest BCUT2D eigenvalue weighted by Gasteiger charge is -2.35. The van der Waals surface area contributed by atoms with E-state index in [9.17, 15) is 13.2 Å². The van der Waals surface area contributed by atoms with Gasteiger partial charge in [-0.15, -0.1) is 11.3 Å². The van der Waals surface area contributed by atoms with Crippen LogP contribution in [0.5, 0.6) is 0 Å². The molecular formula is C22H24ClN3O3S2. The predicted octanol–water partition coefficient (Wildman–Crippen LogP) is 3.76. The molecule has 1 amide bonds. The number of sulfonamides is 1. The van der Waals surface area contributed by atoms with E-state index in [1.165, 1.54) is 47.9 Å². The van der Waals surface area contributed by atoms with Gasteiger partial charge in [0, 0.05) is 51.5 Å². The van der Waals surface area contributed by atoms with Crippen LogP contribution in [0.1, 0.15) is 15.9 Å². The smallest absolute Gasteiger partial charge is 0.255 e. The maximum absolute atomic E-state index is 13.1. The summed E-state index contributed by atoms with van der Waals surface area (Å²) in [4.78, 5) is 17.2. The lowest BCUT2D eigenvalue weighted by Crippen LogP contribution is -2.48. The van der Waals surface area contributed by atoms with Crippen molar-refractivity contribution in [2.24, 2.45) is 0 Å². The Balaban J connectivity index is 1.45. The fourth-order valence-corrected chi connectivity index (χ4v) is 5.80. The predicted molar refractivity (Wildman–Crippen MR) is 125 cm³/mol. The van der Waals surface area contributed by atoms with Gasteiger partial charge in [0.2, 0.25) is 10.0 Å². The number of fused-ring (bicyclic) bond motifs is 1. The topological polar surface area (TPSA) is 60.9 Å². The monoisotopic (exact) mass is 477 g/mol. The van der Waals surface area contributed by atoms with Crippen molar-refractivity contribution in [1.82, 2.24) is 14.1 Å². The summed E-state index contributed by atoms with van der Waals surface area (Å²) in [6.07, 6.45) is 0. The van der Waals surface area contributed by atoms with Crippen LogP contribution in [0.15, 0.2) is 52.7 Å². The summed E-state index contributed by atoms with van der Waals surface area (Å²) < 4.78 is 27.3. The third kappa shape index (κ3) is 4.49. The Morgan fingerprint density at radius 1 is 1.10 bits per heavy atom. The summed E-state index contributed by atoms with van der Waals surface area (Å²) in [5.74, 6) is -0.235. The van der Waals surface area contributed by atoms with Gasteiger partial charge < -0.3 is 4.90 Å². The van der Waals surface area contributed by atoms with Gasteiger partial charge in [0.15, 0.2) is 0 Å². The van der Waals surface area contributed by atoms with Crippen LogP contribution >= 0.6 is 22.9 Å². The molecule has 4 rings (SSSR count). The average Bonchev–Trinajstić information content (AvgIpc) is 3.17. The summed E-state index contributed by atoms with van der Waals surface area (Å²) in [6, 6.07) is 12.7. The Morgan fingerprint density at radius 3 is 2.52 bits per heavy atom. The number of halogens is 1. The molecule has 1 aromatic heterocycles. The van der Waals surface area contributed by atoms with Gasteiger partial charge in [-0.05, 0) is 40.6 Å². The van der Waals surface area contributed by atoms with Gasteiger partial charge in [-0.25, -0.2) is 12.7 Å². The van der Waals surface area contributed by atoms with Crippen LogP contribution < -0.4 is 0 Å². The molecule has 0 bridgehead atoms. The van der Waals surface area contributed by atoms with Gasteiger partial charge in [-0.1, -0.05) is 29.8 Å². The highest BCUT2D eigenvalue weighted by atomic mass is 35.5. The normalized spacial score (nSPS) is 15.7. The van der Waals surface area contributed by atoms with E-state index < -0.39 is 10.0 Å². The molecule has 1 saturated heterocycles. The Bertz CT molecular complexity index is 1220. The van der Waals surface area contributed by atoms with Crippen LogP contribution in [-0.4, -0.2) is 68.7 Å². The molecule has 31 heavy (non-hydrogen) atoms. The molecule has 0 aliphatic carbocycles. The Morgan fingerprint density at radius 2 is 1.81 bits per heavy atom. The Labute approximate surface area is 191 Å². The lowest BCUT2D eigenvalue weighted by molar-refractivity contribution is 0.0629. The average molecular weight is 478 g/mol. The first-order valence-corrected chi connectivity index (χ1v) is 12.7. The molecule has 3 aromatic rings. The number of thiophene rings is 1. The van der Waals surface area contributed by atoms with Crippen molar-refractivity contribution in [2.75, 3.05) is 40.3 Å². The second-order valence-corrected chi connectivity index (χ2v) is 11.2. The second-order valence-electron chi connectivity index (χ2n) is 7.75. The van der Waals surface area contributed by atoms with E-state index in [1.807, 2.05) is 0 Å². The van der Waals surface area contributed by atoms with Gasteiger partial charge >= 0.3 is 0 Å². The van der Waals surface area contributed by atoms with Crippen LogP contribution in [0.4, 0.5) is 0 Å². The van der Waals surface area contributed by atoms with E-state index in [0.717, 1.165) is 23.9 Å². The molecule has 1 aliphatic heterocycles. The molecule has 9 heteroatoms. The summed E-state index contributed by atoms with van der Waals surface area (Å²) in [5, 5.41) is 3.75. The minimum absolute atomic E-state index is 0.0632. The molecule has 0 radical (unpaired) electrons. The zero-order valence-electron chi connectivity index (χ0n) is 17.4. The quantitative estimate of drug-likeness (QED) is 0.561. The summed E-state index contributed by atoms with van der Waals surface area (Å²) in [6.45, 7) is 3.50. The first kappa shape index (κ1) is 22.2. The van der Waals surface area contributed by atoms with Crippen molar-refractivity contribution in [3.63, 3.8) is 0 Å². The number of hydrogen-bond acceptors (Lipinski definition) is 5. The van der Waals surface area contributed by atoms with Gasteiger partial charge in [-0.3, -0.25) is 9.69 Å². The zero-order valence-corrected chi connectivity index (χ0v) is 19.8. The molecule has 2 aromatic carbocycles. The number of carbonyl (C=O) groups is 1. The van der Waals surface area contributed by atoms with E-state index in [-0.39, 0.29) is 21.4 Å². The number of rotatable bonds is 5. The van der Waals surface area contributed by atoms with Gasteiger partial charge in [0.05, 0.1) is 15.5 Å². The third-order valence-corrected chi connectivity index (χ3v) is 8.71. The van der Waals surface area contributed by atoms with E-state index in [1.54, 1.807) is 16.2 Å². The molecular weight excluding hydrogens is 454 g/mol. The number of carbonyl (C=O) groups excluding carboxylic acids is 1. The fraction of sp³-hybridized carbons (Fsp3) is 0.318. The highest BCUT2D eigenvalue weighted by Gasteiger charge is 2.26. The Kier molecular flexibility index (Phi) is 6.37. The van der Waals surface area contributed by atoms with Crippen LogP contribution in [0.2, 0.25) is 5.02 Å². The fourth-order valence-electron chi connectivity index (χ4n) is 3.72. The van der Waals surface area contributed by atoms with Crippen LogP contribution in [0, 0.1) is 0 Å². The van der Waals surface area contributed by atoms with Crippen LogP contribution in [0.3, 0.4) is 0 Å². The van der Waals surface area contributed by atoms with E-state index in [4.69, 9.17) is 11.6 Å². The third-order valence-electron chi connectivity index (χ3n) is 5.56. The molecule has 0 saturated carbocycles. The molecule has 1 fully saturated rings. The van der Waals surface area contributed by atoms with Crippen molar-refractivity contribution in [3.05, 3.63) is 64.0 Å². The largest absolute Gasteiger partial charge is 0.336 e. The maximum Gasteiger partial charge on any atom is 0.255 e. The molecule has 2 heterocycles. The number of hydrogen-bond donors (Lipinski definition) is 0. The highest BCUT2D eigenvalue weighted by molar-refractivity contribution is 7.89. The number of amides is 1. The van der Waals surface area contributed by atoms with E-state index >= 15 is 0 Å². The van der Waals surface area contributed by atoms with Gasteiger partial charge in [0.1, 0.15) is 0 Å². The first-order chi connectivity index (χ1) is 14.8. The standard InChI is InChI=1S/C22H24ClN3O3S2/c1-24(2)31(28,29)17-7-8-20(23)19(13-17)22(27)26-11-9-25(10-12-26)14-16-15-30-21-6-4-3-5-18(16)21/h3-8,13,15H,9-12,14H2,1-2H3. The van der Waals surface area contributed by atoms with Crippen molar-refractivity contribution < 1.29 is 13.2 Å². The molecule has 0 atom stereocenters. The SMILES string of the molecule is CN(C)S(=O)(=O)c1ccc(Cl)c(C(=O)N2CCN(Cc3csc4ccccc34)CC2)c1. The summed E-state index contributed by atoms with van der Waals surface area (Å²) in [7, 11) is -0.720. The van der Waals surface area contributed by atoms with Crippen molar-refractivity contribution in [3.8, 4) is 0 Å². The van der Waals surface area contributed by atoms with E-state index in [2.05, 4.69) is 34.5 Å². The number of benzene rings is 2. The first-order valence-electron chi connectivity index (χ1n) is 9.96. The van der Waals surface area contributed by atoms with Crippen molar-refractivity contribution >= 4 is 49.0 Å². The maximum atomic E-state index is 13.1. The van der Waals surface area contributed by atoms with Crippen molar-refractivity contribution in [2.45, 2.75) is 11.4 Å². The highest BCUT2D eigenvalue weighted by Crippen LogP contribution is 2.28. The van der Waals surface area contributed by atoms with Crippen LogP contribution in [0.25, 0.3) is 10.1 Å². The minimum atomic E-state index is -3.64. The number of nitrogens with zero attached hydrogens (tertiary/aromatic N) is 3. The molecule has 0 spiro atoms. The second kappa shape index (κ2) is 8.88. The summed E-state index contributed by atoms with van der Waals surface area (Å²) >= 11 is 8.01. The Hall–Kier alpha value is -1.97. The molecule has 0 N–H and O–H groups in total. The lowest BCUT2D eigenvalue weighted by atomic mass is 10.1. The molecule has 6 nitrogen and oxygen atoms in total. The van der Waals surface area contributed by atoms with Crippen molar-refractivity contribution in [1.29, 1.82) is 0 Å². The van der Waals surface area contributed by atoms with Gasteiger partial charge in [0.25, 0.3) is 5.91 Å². The molecule has 0 unspecified atom stereocenters. The molecule has 1 aliphatic rings. The van der Waals surface area contributed by atoms with Crippen LogP contribution in [-0.2, 0) is 16.6 Å². The minimum Gasteiger partial charge on any atom is -0.336 e. The summed E-state index contributed by atoms with van der Waals surface area (Å²) in [5.41, 5.74) is 1.53. The molecule has 164 valence electrons.